The highest BCUT2D eigenvalue weighted by Crippen LogP contribution is 2.75. The molecule has 3 unspecified atom stereocenters. The average molecular weight is 480 g/mol. The maximum absolute atomic E-state index is 14.3. The summed E-state index contributed by atoms with van der Waals surface area (Å²) in [6, 6.07) is 2.34. The quantitative estimate of drug-likeness (QED) is 0.437. The number of hydrogen-bond acceptors (Lipinski definition) is 3. The third-order valence-corrected chi connectivity index (χ3v) is 13.4. The molecule has 0 aromatic carbocycles. The van der Waals surface area contributed by atoms with Crippen LogP contribution in [0.2, 0.25) is 0 Å². The minimum absolute atomic E-state index is 0.0409. The van der Waals surface area contributed by atoms with E-state index in [-0.39, 0.29) is 33.9 Å². The lowest BCUT2D eigenvalue weighted by molar-refractivity contribution is -0.202. The van der Waals surface area contributed by atoms with E-state index in [1.807, 2.05) is 0 Å². The van der Waals surface area contributed by atoms with E-state index in [0.29, 0.717) is 24.2 Å². The van der Waals surface area contributed by atoms with Gasteiger partial charge in [-0.1, -0.05) is 47.1 Å². The van der Waals surface area contributed by atoms with E-state index in [4.69, 9.17) is 0 Å². The van der Waals surface area contributed by atoms with Crippen LogP contribution in [-0.4, -0.2) is 16.9 Å². The highest BCUT2D eigenvalue weighted by Gasteiger charge is 2.71. The molecule has 0 saturated heterocycles. The molecule has 0 spiro atoms. The van der Waals surface area contributed by atoms with Crippen LogP contribution in [0.3, 0.4) is 0 Å². The SMILES string of the molecule is C[C@@H]1CC[C@]2(C)CC[C@]3(C)C(=CC(=O)C4[C@@]5(C)CC[C@@H](C#N)[C@](C)(C(=O)O)C5CC[C@]43C)C2[C@H]1C. The highest BCUT2D eigenvalue weighted by molar-refractivity contribution is 5.96. The Kier molecular flexibility index (Phi) is 5.33. The number of carboxylic acids is 1. The van der Waals surface area contributed by atoms with Gasteiger partial charge >= 0.3 is 5.97 Å². The van der Waals surface area contributed by atoms with Gasteiger partial charge in [-0.25, -0.2) is 0 Å². The van der Waals surface area contributed by atoms with Gasteiger partial charge in [0.2, 0.25) is 0 Å². The molecular weight excluding hydrogens is 434 g/mol. The number of nitrogens with zero attached hydrogens (tertiary/aromatic N) is 1. The summed E-state index contributed by atoms with van der Waals surface area (Å²) in [4.78, 5) is 27.0. The van der Waals surface area contributed by atoms with Gasteiger partial charge in [0.15, 0.2) is 5.78 Å². The number of carbonyl (C=O) groups excluding carboxylic acids is 1. The number of nitriles is 1. The number of hydrogen-bond donors (Lipinski definition) is 1. The second-order valence-corrected chi connectivity index (χ2v) is 14.6. The van der Waals surface area contributed by atoms with E-state index in [9.17, 15) is 20.0 Å². The first-order valence-corrected chi connectivity index (χ1v) is 14.1. The van der Waals surface area contributed by atoms with Crippen LogP contribution in [0, 0.1) is 73.9 Å². The van der Waals surface area contributed by atoms with E-state index in [1.54, 1.807) is 6.92 Å². The lowest BCUT2D eigenvalue weighted by Crippen LogP contribution is -2.67. The van der Waals surface area contributed by atoms with Gasteiger partial charge in [-0.05, 0) is 110 Å². The summed E-state index contributed by atoms with van der Waals surface area (Å²) in [6.45, 7) is 16.1. The van der Waals surface area contributed by atoms with Crippen LogP contribution >= 0.6 is 0 Å². The molecule has 4 nitrogen and oxygen atoms in total. The maximum Gasteiger partial charge on any atom is 0.310 e. The van der Waals surface area contributed by atoms with Crippen LogP contribution < -0.4 is 0 Å². The van der Waals surface area contributed by atoms with Crippen molar-refractivity contribution < 1.29 is 14.7 Å². The Hall–Kier alpha value is -1.63. The van der Waals surface area contributed by atoms with Gasteiger partial charge in [-0.2, -0.15) is 5.26 Å². The molecule has 5 aliphatic rings. The summed E-state index contributed by atoms with van der Waals surface area (Å²) in [5.41, 5.74) is -0.0352. The monoisotopic (exact) mass is 479 g/mol. The summed E-state index contributed by atoms with van der Waals surface area (Å²) in [6.07, 6.45) is 9.91. The van der Waals surface area contributed by atoms with Crippen molar-refractivity contribution in [1.29, 1.82) is 5.26 Å². The van der Waals surface area contributed by atoms with Crippen molar-refractivity contribution in [2.75, 3.05) is 0 Å². The Morgan fingerprint density at radius 3 is 2.31 bits per heavy atom. The summed E-state index contributed by atoms with van der Waals surface area (Å²) in [5.74, 6) is 0.232. The fraction of sp³-hybridized carbons (Fsp3) is 0.839. The average Bonchev–Trinajstić information content (AvgIpc) is 2.78. The van der Waals surface area contributed by atoms with Crippen LogP contribution in [0.25, 0.3) is 0 Å². The Morgan fingerprint density at radius 1 is 1.00 bits per heavy atom. The number of ketones is 1. The fourth-order valence-electron chi connectivity index (χ4n) is 10.9. The minimum atomic E-state index is -1.10. The molecule has 4 heteroatoms. The first-order valence-electron chi connectivity index (χ1n) is 14.1. The smallest absolute Gasteiger partial charge is 0.310 e. The number of allylic oxidation sites excluding steroid dienone is 2. The summed E-state index contributed by atoms with van der Waals surface area (Å²) >= 11 is 0. The van der Waals surface area contributed by atoms with Gasteiger partial charge < -0.3 is 5.11 Å². The van der Waals surface area contributed by atoms with Crippen LogP contribution in [0.5, 0.6) is 0 Å². The van der Waals surface area contributed by atoms with Gasteiger partial charge in [0.25, 0.3) is 0 Å². The molecule has 5 rings (SSSR count). The Labute approximate surface area is 211 Å². The van der Waals surface area contributed by atoms with E-state index in [0.717, 1.165) is 25.7 Å². The molecule has 0 aliphatic heterocycles. The predicted molar refractivity (Wildman–Crippen MR) is 136 cm³/mol. The van der Waals surface area contributed by atoms with Crippen molar-refractivity contribution in [3.05, 3.63) is 11.6 Å². The van der Waals surface area contributed by atoms with E-state index < -0.39 is 22.7 Å². The molecular formula is C31H45NO3. The third kappa shape index (κ3) is 2.85. The second kappa shape index (κ2) is 7.45. The van der Waals surface area contributed by atoms with Gasteiger partial charge in [-0.15, -0.1) is 0 Å². The Bertz CT molecular complexity index is 1040. The normalized spacial score (nSPS) is 55.4. The largest absolute Gasteiger partial charge is 0.481 e. The molecule has 0 amide bonds. The second-order valence-electron chi connectivity index (χ2n) is 14.6. The first kappa shape index (κ1) is 25.0. The summed E-state index contributed by atoms with van der Waals surface area (Å²) < 4.78 is 0. The van der Waals surface area contributed by atoms with E-state index in [1.165, 1.54) is 24.8 Å². The van der Waals surface area contributed by atoms with Crippen molar-refractivity contribution in [2.45, 2.75) is 99.8 Å². The molecule has 11 atom stereocenters. The van der Waals surface area contributed by atoms with Crippen molar-refractivity contribution in [3.63, 3.8) is 0 Å². The first-order chi connectivity index (χ1) is 16.2. The molecule has 4 fully saturated rings. The van der Waals surface area contributed by atoms with Crippen molar-refractivity contribution in [2.24, 2.45) is 62.6 Å². The lowest BCUT2D eigenvalue weighted by atomic mass is 9.33. The highest BCUT2D eigenvalue weighted by atomic mass is 16.4. The molecule has 4 saturated carbocycles. The molecule has 1 N–H and O–H groups in total. The molecule has 0 aromatic heterocycles. The summed E-state index contributed by atoms with van der Waals surface area (Å²) in [5, 5.41) is 20.3. The van der Waals surface area contributed by atoms with E-state index in [2.05, 4.69) is 53.7 Å². The Morgan fingerprint density at radius 2 is 1.69 bits per heavy atom. The molecule has 0 radical (unpaired) electrons. The van der Waals surface area contributed by atoms with E-state index >= 15 is 0 Å². The third-order valence-electron chi connectivity index (χ3n) is 13.4. The van der Waals surface area contributed by atoms with Crippen LogP contribution in [0.1, 0.15) is 99.8 Å². The molecule has 192 valence electrons. The van der Waals surface area contributed by atoms with Crippen LogP contribution in [0.4, 0.5) is 0 Å². The van der Waals surface area contributed by atoms with Gasteiger partial charge in [0.05, 0.1) is 17.4 Å². The van der Waals surface area contributed by atoms with Gasteiger partial charge in [0, 0.05) is 5.92 Å². The molecule has 5 aliphatic carbocycles. The topological polar surface area (TPSA) is 78.2 Å². The molecule has 0 heterocycles. The zero-order chi connectivity index (χ0) is 25.8. The number of carbonyl (C=O) groups is 2. The predicted octanol–water partition coefficient (Wildman–Crippen LogP) is 7.05. The fourth-order valence-corrected chi connectivity index (χ4v) is 10.9. The number of aliphatic carboxylic acids is 1. The van der Waals surface area contributed by atoms with Gasteiger partial charge in [0.1, 0.15) is 0 Å². The molecule has 35 heavy (non-hydrogen) atoms. The number of carboxylic acid groups (broad SMARTS) is 1. The van der Waals surface area contributed by atoms with Crippen molar-refractivity contribution in [3.8, 4) is 6.07 Å². The number of fused-ring (bicyclic) bond motifs is 7. The summed E-state index contributed by atoms with van der Waals surface area (Å²) in [7, 11) is 0. The minimum Gasteiger partial charge on any atom is -0.481 e. The van der Waals surface area contributed by atoms with Gasteiger partial charge in [-0.3, -0.25) is 9.59 Å². The van der Waals surface area contributed by atoms with Crippen LogP contribution in [-0.2, 0) is 9.59 Å². The Balaban J connectivity index is 1.65. The zero-order valence-electron chi connectivity index (χ0n) is 22.9. The van der Waals surface area contributed by atoms with Crippen molar-refractivity contribution >= 4 is 11.8 Å². The zero-order valence-corrected chi connectivity index (χ0v) is 22.9. The molecule has 0 bridgehead atoms. The lowest BCUT2D eigenvalue weighted by Gasteiger charge is -2.70. The van der Waals surface area contributed by atoms with Crippen molar-refractivity contribution in [1.82, 2.24) is 0 Å². The molecule has 0 aromatic rings. The van der Waals surface area contributed by atoms with Crippen LogP contribution in [0.15, 0.2) is 11.6 Å². The standard InChI is InChI=1S/C31H45NO3/c1-18-8-11-27(3)14-15-29(5)21(24(27)19(18)2)16-22(33)25-28(4)12-9-20(17-32)31(7,26(34)35)23(28)10-13-30(25,29)6/h16,18-20,23-25H,8-15H2,1-7H3,(H,34,35)/t18-,19+,20+,23?,24?,25?,27-,28+,29-,30-,31+/m1/s1. The maximum atomic E-state index is 14.3. The number of rotatable bonds is 1.